The number of anilines is 1. The van der Waals surface area contributed by atoms with Crippen LogP contribution in [0.25, 0.3) is 0 Å². The lowest BCUT2D eigenvalue weighted by Crippen LogP contribution is -2.29. The van der Waals surface area contributed by atoms with Gasteiger partial charge in [-0.25, -0.2) is 4.21 Å². The van der Waals surface area contributed by atoms with Crippen molar-refractivity contribution in [2.24, 2.45) is 10.3 Å². The summed E-state index contributed by atoms with van der Waals surface area (Å²) < 4.78 is 20.8. The fraction of sp³-hybridized carbons (Fsp3) is 0.500. The summed E-state index contributed by atoms with van der Waals surface area (Å²) in [7, 11) is -2.56. The zero-order valence-electron chi connectivity index (χ0n) is 14.2. The van der Waals surface area contributed by atoms with Crippen LogP contribution in [0.2, 0.25) is 0 Å². The Morgan fingerprint density at radius 3 is 2.39 bits per heavy atom. The fourth-order valence-corrected chi connectivity index (χ4v) is 2.17. The number of carbonyl (C=O) groups excluding carboxylic acids is 2. The van der Waals surface area contributed by atoms with Crippen LogP contribution < -0.4 is 5.32 Å². The maximum atomic E-state index is 12.2. The molecule has 0 saturated heterocycles. The largest absolute Gasteiger partial charge is 0.368 e. The minimum Gasteiger partial charge on any atom is -0.368 e. The summed E-state index contributed by atoms with van der Waals surface area (Å²) in [5, 5.41) is 2.66. The van der Waals surface area contributed by atoms with Crippen molar-refractivity contribution in [3.05, 3.63) is 29.8 Å². The molecule has 0 aromatic heterocycles. The average Bonchev–Trinajstić information content (AvgIpc) is 2.43. The van der Waals surface area contributed by atoms with Gasteiger partial charge in [-0.15, -0.1) is 0 Å². The van der Waals surface area contributed by atoms with Crippen molar-refractivity contribution in [3.63, 3.8) is 0 Å². The van der Waals surface area contributed by atoms with Gasteiger partial charge in [0.2, 0.25) is 0 Å². The van der Waals surface area contributed by atoms with Crippen LogP contribution in [-0.2, 0) is 19.3 Å². The Kier molecular flexibility index (Phi) is 6.90. The van der Waals surface area contributed by atoms with Gasteiger partial charge in [0.25, 0.3) is 11.8 Å². The Morgan fingerprint density at radius 2 is 1.83 bits per heavy atom. The van der Waals surface area contributed by atoms with Crippen LogP contribution in [0.4, 0.5) is 5.69 Å². The van der Waals surface area contributed by atoms with Crippen molar-refractivity contribution in [2.45, 2.75) is 26.9 Å². The van der Waals surface area contributed by atoms with Crippen LogP contribution in [0.5, 0.6) is 0 Å². The maximum Gasteiger partial charge on any atom is 0.287 e. The highest BCUT2D eigenvalue weighted by molar-refractivity contribution is 7.92. The van der Waals surface area contributed by atoms with Gasteiger partial charge in [0.05, 0.1) is 11.3 Å². The topological polar surface area (TPSA) is 84.8 Å². The first-order valence-electron chi connectivity index (χ1n) is 7.33. The van der Waals surface area contributed by atoms with E-state index in [1.807, 2.05) is 13.8 Å². The molecule has 0 spiro atoms. The zero-order valence-corrected chi connectivity index (χ0v) is 15.0. The molecule has 1 atom stereocenters. The molecule has 0 bridgehead atoms. The van der Waals surface area contributed by atoms with Gasteiger partial charge in [0.15, 0.2) is 0 Å². The standard InChI is InChI=1S/C16H24N2O4S/c1-11(2)10-22-12(3)15(19)17-14-9-7-6-8-13(14)16(20)18-23(4,5)21/h6-9,11-12H,10H2,1-5H3,(H,17,19). The monoisotopic (exact) mass is 340 g/mol. The highest BCUT2D eigenvalue weighted by Gasteiger charge is 2.18. The Bertz CT molecular complexity index is 683. The number of ether oxygens (including phenoxy) is 1. The van der Waals surface area contributed by atoms with Crippen LogP contribution in [-0.4, -0.2) is 41.2 Å². The molecule has 0 aliphatic rings. The van der Waals surface area contributed by atoms with Gasteiger partial charge in [0, 0.05) is 28.8 Å². The molecule has 1 aromatic carbocycles. The first-order valence-corrected chi connectivity index (χ1v) is 9.66. The average molecular weight is 340 g/mol. The second-order valence-corrected chi connectivity index (χ2v) is 8.53. The summed E-state index contributed by atoms with van der Waals surface area (Å²) in [6.07, 6.45) is 2.13. The Balaban J connectivity index is 2.92. The Hall–Kier alpha value is -1.73. The summed E-state index contributed by atoms with van der Waals surface area (Å²) in [6.45, 7) is 6.11. The Labute approximate surface area is 137 Å². The highest BCUT2D eigenvalue weighted by atomic mass is 32.2. The number of hydrogen-bond donors (Lipinski definition) is 1. The van der Waals surface area contributed by atoms with E-state index in [0.29, 0.717) is 18.2 Å². The Morgan fingerprint density at radius 1 is 1.22 bits per heavy atom. The molecule has 1 aromatic rings. The van der Waals surface area contributed by atoms with Gasteiger partial charge in [-0.3, -0.25) is 9.59 Å². The van der Waals surface area contributed by atoms with E-state index < -0.39 is 21.7 Å². The maximum absolute atomic E-state index is 12.2. The van der Waals surface area contributed by atoms with Crippen LogP contribution in [0, 0.1) is 5.92 Å². The predicted molar refractivity (Wildman–Crippen MR) is 92.1 cm³/mol. The van der Waals surface area contributed by atoms with Crippen LogP contribution in [0.15, 0.2) is 28.6 Å². The SMILES string of the molecule is CC(C)COC(C)C(=O)Nc1ccccc1C(=O)N=S(C)(C)=O. The highest BCUT2D eigenvalue weighted by Crippen LogP contribution is 2.17. The number of carbonyl (C=O) groups is 2. The van der Waals surface area contributed by atoms with Gasteiger partial charge in [0.1, 0.15) is 6.10 Å². The third kappa shape index (κ3) is 6.92. The zero-order chi connectivity index (χ0) is 17.6. The van der Waals surface area contributed by atoms with E-state index in [4.69, 9.17) is 4.74 Å². The van der Waals surface area contributed by atoms with Crippen LogP contribution in [0.1, 0.15) is 31.1 Å². The second-order valence-electron chi connectivity index (χ2n) is 5.98. The first kappa shape index (κ1) is 19.3. The minimum absolute atomic E-state index is 0.202. The minimum atomic E-state index is -2.56. The third-order valence-corrected chi connectivity index (χ3v) is 3.37. The van der Waals surface area contributed by atoms with Crippen molar-refractivity contribution in [3.8, 4) is 0 Å². The number of para-hydroxylation sites is 1. The van der Waals surface area contributed by atoms with Crippen molar-refractivity contribution in [1.29, 1.82) is 0 Å². The molecule has 1 unspecified atom stereocenters. The van der Waals surface area contributed by atoms with E-state index in [9.17, 15) is 13.8 Å². The molecule has 0 saturated carbocycles. The number of amides is 2. The lowest BCUT2D eigenvalue weighted by atomic mass is 10.1. The molecule has 0 aliphatic carbocycles. The number of nitrogens with one attached hydrogen (secondary N) is 1. The number of benzene rings is 1. The van der Waals surface area contributed by atoms with Gasteiger partial charge in [-0.2, -0.15) is 4.36 Å². The van der Waals surface area contributed by atoms with Gasteiger partial charge < -0.3 is 10.1 Å². The first-order chi connectivity index (χ1) is 10.6. The van der Waals surface area contributed by atoms with Crippen molar-refractivity contribution >= 4 is 27.2 Å². The molecule has 128 valence electrons. The molecule has 7 heteroatoms. The van der Waals surface area contributed by atoms with E-state index in [0.717, 1.165) is 0 Å². The number of nitrogens with zero attached hydrogens (tertiary/aromatic N) is 1. The van der Waals surface area contributed by atoms with Crippen molar-refractivity contribution in [1.82, 2.24) is 0 Å². The molecule has 1 rings (SSSR count). The van der Waals surface area contributed by atoms with E-state index >= 15 is 0 Å². The molecule has 0 radical (unpaired) electrons. The van der Waals surface area contributed by atoms with Crippen molar-refractivity contribution < 1.29 is 18.5 Å². The number of rotatable bonds is 6. The van der Waals surface area contributed by atoms with Gasteiger partial charge >= 0.3 is 0 Å². The summed E-state index contributed by atoms with van der Waals surface area (Å²) in [5.74, 6) is -0.647. The lowest BCUT2D eigenvalue weighted by Gasteiger charge is -2.16. The molecular weight excluding hydrogens is 316 g/mol. The molecule has 23 heavy (non-hydrogen) atoms. The van der Waals surface area contributed by atoms with Crippen LogP contribution in [0.3, 0.4) is 0 Å². The van der Waals surface area contributed by atoms with Gasteiger partial charge in [-0.1, -0.05) is 26.0 Å². The fourth-order valence-electron chi connectivity index (χ4n) is 1.67. The predicted octanol–water partition coefficient (Wildman–Crippen LogP) is 2.55. The third-order valence-electron chi connectivity index (χ3n) is 2.77. The van der Waals surface area contributed by atoms with E-state index in [-0.39, 0.29) is 11.5 Å². The number of hydrogen-bond acceptors (Lipinski definition) is 4. The quantitative estimate of drug-likeness (QED) is 0.862. The van der Waals surface area contributed by atoms with Crippen LogP contribution >= 0.6 is 0 Å². The summed E-state index contributed by atoms with van der Waals surface area (Å²) in [6, 6.07) is 6.49. The second kappa shape index (κ2) is 8.21. The lowest BCUT2D eigenvalue weighted by molar-refractivity contribution is -0.126. The summed E-state index contributed by atoms with van der Waals surface area (Å²) in [4.78, 5) is 24.3. The smallest absolute Gasteiger partial charge is 0.287 e. The molecule has 0 fully saturated rings. The molecule has 0 aliphatic heterocycles. The van der Waals surface area contributed by atoms with Crippen molar-refractivity contribution in [2.75, 3.05) is 24.4 Å². The normalized spacial score (nSPS) is 12.8. The van der Waals surface area contributed by atoms with Gasteiger partial charge in [-0.05, 0) is 25.0 Å². The molecular formula is C16H24N2O4S. The van der Waals surface area contributed by atoms with E-state index in [1.165, 1.54) is 18.6 Å². The summed E-state index contributed by atoms with van der Waals surface area (Å²) >= 11 is 0. The van der Waals surface area contributed by atoms with E-state index in [1.54, 1.807) is 25.1 Å². The summed E-state index contributed by atoms with van der Waals surface area (Å²) in [5.41, 5.74) is 0.531. The van der Waals surface area contributed by atoms with E-state index in [2.05, 4.69) is 9.68 Å². The molecule has 6 nitrogen and oxygen atoms in total. The molecule has 0 heterocycles. The molecule has 2 amide bonds. The molecule has 1 N–H and O–H groups in total.